The van der Waals surface area contributed by atoms with Crippen molar-refractivity contribution in [2.24, 2.45) is 5.92 Å². The Balaban J connectivity index is 2.12. The summed E-state index contributed by atoms with van der Waals surface area (Å²) in [5.41, 5.74) is 3.96. The molecule has 0 unspecified atom stereocenters. The average Bonchev–Trinajstić information content (AvgIpc) is 3.27. The van der Waals surface area contributed by atoms with Crippen molar-refractivity contribution >= 4 is 10.0 Å². The summed E-state index contributed by atoms with van der Waals surface area (Å²) in [7, 11) is -3.42. The molecule has 2 aliphatic carbocycles. The van der Waals surface area contributed by atoms with Crippen molar-refractivity contribution in [3.63, 3.8) is 0 Å². The minimum Gasteiger partial charge on any atom is -0.207 e. The van der Waals surface area contributed by atoms with Gasteiger partial charge in [0.1, 0.15) is 0 Å². The van der Waals surface area contributed by atoms with Crippen LogP contribution in [0.2, 0.25) is 0 Å². The Kier molecular flexibility index (Phi) is 3.89. The van der Waals surface area contributed by atoms with E-state index in [2.05, 4.69) is 13.0 Å². The first kappa shape index (κ1) is 16.0. The molecule has 3 nitrogen and oxygen atoms in total. The summed E-state index contributed by atoms with van der Waals surface area (Å²) in [6, 6.07) is 2.45. The highest BCUT2D eigenvalue weighted by Crippen LogP contribution is 2.43. The zero-order chi connectivity index (χ0) is 16.2. The van der Waals surface area contributed by atoms with Crippen LogP contribution >= 0.6 is 0 Å². The lowest BCUT2D eigenvalue weighted by molar-refractivity contribution is 0.301. The number of sulfonamides is 1. The molecule has 0 heterocycles. The Morgan fingerprint density at radius 3 is 1.91 bits per heavy atom. The van der Waals surface area contributed by atoms with Crippen LogP contribution in [0.4, 0.5) is 0 Å². The van der Waals surface area contributed by atoms with Gasteiger partial charge in [-0.1, -0.05) is 6.07 Å². The molecule has 1 aromatic rings. The van der Waals surface area contributed by atoms with Crippen molar-refractivity contribution in [3.8, 4) is 0 Å². The monoisotopic (exact) mass is 321 g/mol. The maximum Gasteiger partial charge on any atom is 0.244 e. The van der Waals surface area contributed by atoms with E-state index in [0.29, 0.717) is 10.8 Å². The topological polar surface area (TPSA) is 37.4 Å². The summed E-state index contributed by atoms with van der Waals surface area (Å²) in [6.45, 7) is 10.0. The summed E-state index contributed by atoms with van der Waals surface area (Å²) < 4.78 is 28.8. The first-order chi connectivity index (χ1) is 10.2. The van der Waals surface area contributed by atoms with Crippen molar-refractivity contribution in [2.75, 3.05) is 0 Å². The number of aryl methyl sites for hydroxylation is 2. The van der Waals surface area contributed by atoms with Gasteiger partial charge in [-0.25, -0.2) is 8.42 Å². The van der Waals surface area contributed by atoms with E-state index in [1.165, 1.54) is 12.8 Å². The lowest BCUT2D eigenvalue weighted by atomic mass is 10.0. The number of hydrogen-bond donors (Lipinski definition) is 0. The van der Waals surface area contributed by atoms with Crippen LogP contribution in [-0.4, -0.2) is 24.8 Å². The highest BCUT2D eigenvalue weighted by molar-refractivity contribution is 7.89. The smallest absolute Gasteiger partial charge is 0.207 e. The molecule has 0 aromatic heterocycles. The molecule has 22 heavy (non-hydrogen) atoms. The second kappa shape index (κ2) is 5.34. The number of nitrogens with zero attached hydrogens (tertiary/aromatic N) is 1. The first-order valence-corrected chi connectivity index (χ1v) is 9.80. The van der Waals surface area contributed by atoms with Crippen LogP contribution in [0.3, 0.4) is 0 Å². The van der Waals surface area contributed by atoms with E-state index in [4.69, 9.17) is 0 Å². The van der Waals surface area contributed by atoms with Crippen molar-refractivity contribution in [1.29, 1.82) is 0 Å². The fourth-order valence-electron chi connectivity index (χ4n) is 3.54. The summed E-state index contributed by atoms with van der Waals surface area (Å²) in [4.78, 5) is 0.560. The lowest BCUT2D eigenvalue weighted by Crippen LogP contribution is -2.42. The van der Waals surface area contributed by atoms with Gasteiger partial charge in [0.15, 0.2) is 0 Å². The molecule has 122 valence electrons. The molecular weight excluding hydrogens is 294 g/mol. The number of rotatable bonds is 5. The molecule has 3 rings (SSSR count). The molecule has 0 amide bonds. The predicted molar refractivity (Wildman–Crippen MR) is 89.6 cm³/mol. The summed E-state index contributed by atoms with van der Waals surface area (Å²) in [5, 5.41) is 0. The molecule has 1 atom stereocenters. The van der Waals surface area contributed by atoms with E-state index in [1.54, 1.807) is 0 Å². The van der Waals surface area contributed by atoms with Gasteiger partial charge >= 0.3 is 0 Å². The summed E-state index contributed by atoms with van der Waals surface area (Å²) in [5.74, 6) is 0.557. The Bertz CT molecular complexity index is 674. The second-order valence-corrected chi connectivity index (χ2v) is 9.01. The number of hydrogen-bond acceptors (Lipinski definition) is 2. The first-order valence-electron chi connectivity index (χ1n) is 8.36. The van der Waals surface area contributed by atoms with E-state index >= 15 is 0 Å². The van der Waals surface area contributed by atoms with Crippen LogP contribution in [0.15, 0.2) is 11.0 Å². The van der Waals surface area contributed by atoms with Gasteiger partial charge in [0.05, 0.1) is 4.90 Å². The molecule has 0 N–H and O–H groups in total. The second-order valence-electron chi connectivity index (χ2n) is 7.23. The quantitative estimate of drug-likeness (QED) is 0.825. The Hall–Kier alpha value is -0.870. The van der Waals surface area contributed by atoms with E-state index < -0.39 is 10.0 Å². The maximum atomic E-state index is 13.5. The van der Waals surface area contributed by atoms with E-state index in [0.717, 1.165) is 35.1 Å². The van der Waals surface area contributed by atoms with Crippen molar-refractivity contribution in [3.05, 3.63) is 28.3 Å². The molecule has 0 spiro atoms. The molecule has 0 saturated heterocycles. The zero-order valence-electron chi connectivity index (χ0n) is 14.3. The highest BCUT2D eigenvalue weighted by atomic mass is 32.2. The number of benzene rings is 1. The van der Waals surface area contributed by atoms with Crippen molar-refractivity contribution < 1.29 is 8.42 Å². The molecule has 1 aromatic carbocycles. The van der Waals surface area contributed by atoms with Gasteiger partial charge in [0.2, 0.25) is 10.0 Å². The van der Waals surface area contributed by atoms with Gasteiger partial charge < -0.3 is 0 Å². The fraction of sp³-hybridized carbons (Fsp3) is 0.667. The molecule has 0 aliphatic heterocycles. The van der Waals surface area contributed by atoms with Gasteiger partial charge in [0.25, 0.3) is 0 Å². The summed E-state index contributed by atoms with van der Waals surface area (Å²) >= 11 is 0. The van der Waals surface area contributed by atoms with Gasteiger partial charge in [-0.15, -0.1) is 0 Å². The standard InChI is InChI=1S/C18H27NO2S/c1-11-10-12(2)14(4)18(13(11)3)22(20,21)19(17-8-9-17)15(5)16-6-7-16/h10,15-17H,6-9H2,1-5H3/t15-/m0/s1. The van der Waals surface area contributed by atoms with Crippen molar-refractivity contribution in [2.45, 2.75) is 77.3 Å². The molecule has 4 heteroatoms. The highest BCUT2D eigenvalue weighted by Gasteiger charge is 2.46. The zero-order valence-corrected chi connectivity index (χ0v) is 15.1. The van der Waals surface area contributed by atoms with Gasteiger partial charge in [0, 0.05) is 12.1 Å². The van der Waals surface area contributed by atoms with Gasteiger partial charge in [-0.3, -0.25) is 0 Å². The molecule has 2 aliphatic rings. The minimum absolute atomic E-state index is 0.136. The molecule has 0 bridgehead atoms. The third kappa shape index (κ3) is 2.61. The van der Waals surface area contributed by atoms with Gasteiger partial charge in [-0.05, 0) is 88.5 Å². The van der Waals surface area contributed by atoms with E-state index in [1.807, 2.05) is 32.0 Å². The van der Waals surface area contributed by atoms with Crippen molar-refractivity contribution in [1.82, 2.24) is 4.31 Å². The lowest BCUT2D eigenvalue weighted by Gasteiger charge is -2.30. The van der Waals surface area contributed by atoms with Crippen LogP contribution < -0.4 is 0 Å². The Morgan fingerprint density at radius 2 is 1.50 bits per heavy atom. The van der Waals surface area contributed by atoms with Crippen LogP contribution in [0.5, 0.6) is 0 Å². The van der Waals surface area contributed by atoms with E-state index in [9.17, 15) is 8.42 Å². The van der Waals surface area contributed by atoms with Crippen LogP contribution in [-0.2, 0) is 10.0 Å². The predicted octanol–water partition coefficient (Wildman–Crippen LogP) is 3.87. The normalized spacial score (nSPS) is 20.5. The molecule has 2 fully saturated rings. The minimum atomic E-state index is -3.42. The van der Waals surface area contributed by atoms with Crippen LogP contribution in [0, 0.1) is 33.6 Å². The Morgan fingerprint density at radius 1 is 1.00 bits per heavy atom. The molecular formula is C18H27NO2S. The SMILES string of the molecule is Cc1cc(C)c(C)c(S(=O)(=O)N(C2CC2)[C@@H](C)C2CC2)c1C. The summed E-state index contributed by atoms with van der Waals surface area (Å²) in [6.07, 6.45) is 4.37. The van der Waals surface area contributed by atoms with Crippen LogP contribution in [0.25, 0.3) is 0 Å². The molecule has 0 radical (unpaired) electrons. The maximum absolute atomic E-state index is 13.5. The third-order valence-corrected chi connectivity index (χ3v) is 7.76. The van der Waals surface area contributed by atoms with E-state index in [-0.39, 0.29) is 12.1 Å². The fourth-order valence-corrected chi connectivity index (χ4v) is 6.06. The van der Waals surface area contributed by atoms with Crippen LogP contribution in [0.1, 0.15) is 54.9 Å². The average molecular weight is 321 g/mol. The Labute approximate surface area is 134 Å². The van der Waals surface area contributed by atoms with Gasteiger partial charge in [-0.2, -0.15) is 4.31 Å². The molecule has 2 saturated carbocycles. The third-order valence-electron chi connectivity index (χ3n) is 5.45. The largest absolute Gasteiger partial charge is 0.244 e.